The molecule has 2 amide bonds. The first-order valence-corrected chi connectivity index (χ1v) is 11.4. The van der Waals surface area contributed by atoms with Gasteiger partial charge in [0, 0.05) is 28.6 Å². The highest BCUT2D eigenvalue weighted by Crippen LogP contribution is 2.26. The van der Waals surface area contributed by atoms with Crippen molar-refractivity contribution < 1.29 is 9.59 Å². The molecular weight excluding hydrogens is 436 g/mol. The number of nitrogens with one attached hydrogen (secondary N) is 2. The third-order valence-electron chi connectivity index (χ3n) is 5.48. The van der Waals surface area contributed by atoms with Gasteiger partial charge in [0.15, 0.2) is 0 Å². The lowest BCUT2D eigenvalue weighted by atomic mass is 9.89. The molecule has 0 aliphatic carbocycles. The fourth-order valence-electron chi connectivity index (χ4n) is 3.79. The van der Waals surface area contributed by atoms with Gasteiger partial charge < -0.3 is 10.2 Å². The van der Waals surface area contributed by atoms with E-state index >= 15 is 0 Å². The highest BCUT2D eigenvalue weighted by atomic mass is 35.5. The molecule has 3 heterocycles. The van der Waals surface area contributed by atoms with Crippen molar-refractivity contribution in [3.8, 4) is 11.3 Å². The zero-order chi connectivity index (χ0) is 22.0. The summed E-state index contributed by atoms with van der Waals surface area (Å²) in [5, 5.41) is 13.1. The quantitative estimate of drug-likeness (QED) is 0.609. The van der Waals surface area contributed by atoms with E-state index in [9.17, 15) is 9.59 Å². The van der Waals surface area contributed by atoms with E-state index in [0.29, 0.717) is 23.9 Å². The SMILES string of the molecule is Cc1nc(C(=O)N2CCC[C@H](C(=O)NCc3nc(-c4ccc(Cl)cc4)cs3)[C@@H]2C)n[nH]1. The molecule has 2 aromatic heterocycles. The number of aromatic amines is 1. The van der Waals surface area contributed by atoms with Gasteiger partial charge >= 0.3 is 0 Å². The topological polar surface area (TPSA) is 104 Å². The van der Waals surface area contributed by atoms with Gasteiger partial charge in [-0.3, -0.25) is 14.7 Å². The molecule has 1 aliphatic heterocycles. The molecule has 4 rings (SSSR count). The molecule has 1 aromatic carbocycles. The average molecular weight is 459 g/mol. The number of thiazole rings is 1. The minimum Gasteiger partial charge on any atom is -0.349 e. The van der Waals surface area contributed by atoms with Gasteiger partial charge in [-0.15, -0.1) is 16.4 Å². The molecule has 0 unspecified atom stereocenters. The standard InChI is InChI=1S/C21H23ClN6O2S/c1-12-16(4-3-9-28(12)21(30)19-24-13(2)26-27-19)20(29)23-10-18-25-17(11-31-18)14-5-7-15(22)8-6-14/h5-8,11-12,16H,3-4,9-10H2,1-2H3,(H,23,29)(H,24,26,27)/t12-,16-/m0/s1. The van der Waals surface area contributed by atoms with Crippen LogP contribution in [-0.4, -0.2) is 49.5 Å². The third-order valence-corrected chi connectivity index (χ3v) is 6.58. The van der Waals surface area contributed by atoms with Gasteiger partial charge in [0.2, 0.25) is 11.7 Å². The number of piperidine rings is 1. The number of carbonyl (C=O) groups is 2. The molecule has 0 saturated carbocycles. The highest BCUT2D eigenvalue weighted by Gasteiger charge is 2.36. The Hall–Kier alpha value is -2.78. The maximum atomic E-state index is 12.9. The van der Waals surface area contributed by atoms with Gasteiger partial charge in [-0.25, -0.2) is 9.97 Å². The van der Waals surface area contributed by atoms with Gasteiger partial charge in [-0.2, -0.15) is 0 Å². The molecule has 1 fully saturated rings. The molecule has 3 aromatic rings. The molecule has 31 heavy (non-hydrogen) atoms. The largest absolute Gasteiger partial charge is 0.349 e. The average Bonchev–Trinajstić information content (AvgIpc) is 3.41. The molecule has 8 nitrogen and oxygen atoms in total. The Labute approximate surface area is 189 Å². The first-order valence-electron chi connectivity index (χ1n) is 10.1. The molecule has 0 bridgehead atoms. The zero-order valence-corrected chi connectivity index (χ0v) is 18.8. The van der Waals surface area contributed by atoms with E-state index in [1.807, 2.05) is 36.6 Å². The maximum Gasteiger partial charge on any atom is 0.293 e. The maximum absolute atomic E-state index is 12.9. The van der Waals surface area contributed by atoms with Crippen LogP contribution in [0.4, 0.5) is 0 Å². The molecule has 10 heteroatoms. The predicted octanol–water partition coefficient (Wildman–Crippen LogP) is 3.45. The smallest absolute Gasteiger partial charge is 0.293 e. The lowest BCUT2D eigenvalue weighted by Crippen LogP contribution is -2.51. The van der Waals surface area contributed by atoms with Crippen LogP contribution >= 0.6 is 22.9 Å². The molecule has 1 saturated heterocycles. The summed E-state index contributed by atoms with van der Waals surface area (Å²) in [6.07, 6.45) is 1.49. The highest BCUT2D eigenvalue weighted by molar-refractivity contribution is 7.09. The van der Waals surface area contributed by atoms with Crippen LogP contribution in [0.1, 0.15) is 41.2 Å². The van der Waals surface area contributed by atoms with Crippen molar-refractivity contribution >= 4 is 34.8 Å². The number of amides is 2. The minimum atomic E-state index is -0.284. The number of nitrogens with zero attached hydrogens (tertiary/aromatic N) is 4. The van der Waals surface area contributed by atoms with Crippen LogP contribution in [0.2, 0.25) is 5.02 Å². The molecule has 1 aliphatic rings. The molecule has 162 valence electrons. The van der Waals surface area contributed by atoms with Gasteiger partial charge in [-0.1, -0.05) is 23.7 Å². The summed E-state index contributed by atoms with van der Waals surface area (Å²) < 4.78 is 0. The summed E-state index contributed by atoms with van der Waals surface area (Å²) in [4.78, 5) is 36.1. The number of carbonyl (C=O) groups excluding carboxylic acids is 2. The molecule has 0 spiro atoms. The van der Waals surface area contributed by atoms with Crippen molar-refractivity contribution in [1.29, 1.82) is 0 Å². The van der Waals surface area contributed by atoms with Crippen LogP contribution in [0.15, 0.2) is 29.6 Å². The van der Waals surface area contributed by atoms with Crippen LogP contribution in [0.5, 0.6) is 0 Å². The minimum absolute atomic E-state index is 0.0700. The number of aromatic nitrogens is 4. The van der Waals surface area contributed by atoms with Gasteiger partial charge in [-0.05, 0) is 38.8 Å². The summed E-state index contributed by atoms with van der Waals surface area (Å²) in [6, 6.07) is 7.26. The van der Waals surface area contributed by atoms with E-state index in [1.165, 1.54) is 11.3 Å². The molecule has 0 radical (unpaired) electrons. The van der Waals surface area contributed by atoms with Crippen molar-refractivity contribution in [1.82, 2.24) is 30.4 Å². The van der Waals surface area contributed by atoms with Crippen molar-refractivity contribution in [2.45, 2.75) is 39.3 Å². The predicted molar refractivity (Wildman–Crippen MR) is 119 cm³/mol. The van der Waals surface area contributed by atoms with E-state index in [-0.39, 0.29) is 29.6 Å². The Morgan fingerprint density at radius 3 is 2.77 bits per heavy atom. The molecule has 2 atom stereocenters. The fraction of sp³-hybridized carbons (Fsp3) is 0.381. The second-order valence-electron chi connectivity index (χ2n) is 7.58. The van der Waals surface area contributed by atoms with Gasteiger partial charge in [0.1, 0.15) is 10.8 Å². The Bertz CT molecular complexity index is 1080. The second-order valence-corrected chi connectivity index (χ2v) is 8.96. The normalized spacial score (nSPS) is 18.7. The van der Waals surface area contributed by atoms with Gasteiger partial charge in [0.05, 0.1) is 18.2 Å². The summed E-state index contributed by atoms with van der Waals surface area (Å²) >= 11 is 7.44. The first kappa shape index (κ1) is 21.5. The first-order chi connectivity index (χ1) is 14.9. The Morgan fingerprint density at radius 1 is 1.29 bits per heavy atom. The second kappa shape index (κ2) is 9.15. The molecule has 2 N–H and O–H groups in total. The number of aryl methyl sites for hydroxylation is 1. The van der Waals surface area contributed by atoms with Crippen molar-refractivity contribution in [3.63, 3.8) is 0 Å². The number of likely N-dealkylation sites (tertiary alicyclic amines) is 1. The van der Waals surface area contributed by atoms with Gasteiger partial charge in [0.25, 0.3) is 5.91 Å². The summed E-state index contributed by atoms with van der Waals surface area (Å²) in [7, 11) is 0. The summed E-state index contributed by atoms with van der Waals surface area (Å²) in [6.45, 7) is 4.60. The van der Waals surface area contributed by atoms with Crippen LogP contribution in [0.25, 0.3) is 11.3 Å². The number of rotatable bonds is 5. The van der Waals surface area contributed by atoms with E-state index < -0.39 is 0 Å². The van der Waals surface area contributed by atoms with Crippen molar-refractivity contribution in [2.75, 3.05) is 6.54 Å². The Balaban J connectivity index is 1.37. The summed E-state index contributed by atoms with van der Waals surface area (Å²) in [5.74, 6) is 0.126. The Kier molecular flexibility index (Phi) is 6.33. The van der Waals surface area contributed by atoms with Crippen LogP contribution < -0.4 is 5.32 Å². The lowest BCUT2D eigenvalue weighted by Gasteiger charge is -2.38. The van der Waals surface area contributed by atoms with E-state index in [0.717, 1.165) is 29.1 Å². The van der Waals surface area contributed by atoms with Crippen LogP contribution in [0, 0.1) is 12.8 Å². The summed E-state index contributed by atoms with van der Waals surface area (Å²) in [5.41, 5.74) is 1.84. The Morgan fingerprint density at radius 2 is 2.06 bits per heavy atom. The van der Waals surface area contributed by atoms with Crippen molar-refractivity contribution in [2.24, 2.45) is 5.92 Å². The van der Waals surface area contributed by atoms with E-state index in [1.54, 1.807) is 11.8 Å². The van der Waals surface area contributed by atoms with Crippen LogP contribution in [0.3, 0.4) is 0 Å². The number of hydrogen-bond donors (Lipinski definition) is 2. The number of halogens is 1. The fourth-order valence-corrected chi connectivity index (χ4v) is 4.66. The van der Waals surface area contributed by atoms with E-state index in [4.69, 9.17) is 11.6 Å². The third kappa shape index (κ3) is 4.77. The van der Waals surface area contributed by atoms with Crippen LogP contribution in [-0.2, 0) is 11.3 Å². The van der Waals surface area contributed by atoms with Crippen molar-refractivity contribution in [3.05, 3.63) is 51.3 Å². The van der Waals surface area contributed by atoms with E-state index in [2.05, 4.69) is 25.5 Å². The number of hydrogen-bond acceptors (Lipinski definition) is 6. The molecular formula is C21H23ClN6O2S. The number of H-pyrrole nitrogens is 1. The monoisotopic (exact) mass is 458 g/mol. The zero-order valence-electron chi connectivity index (χ0n) is 17.3. The number of benzene rings is 1. The lowest BCUT2D eigenvalue weighted by molar-refractivity contribution is -0.128.